The van der Waals surface area contributed by atoms with E-state index >= 15 is 4.39 Å². The zero-order chi connectivity index (χ0) is 30.9. The predicted octanol–water partition coefficient (Wildman–Crippen LogP) is 4.00. The molecule has 14 heteroatoms. The molecule has 43 heavy (non-hydrogen) atoms. The predicted molar refractivity (Wildman–Crippen MR) is 154 cm³/mol. The van der Waals surface area contributed by atoms with E-state index in [1.165, 1.54) is 24.5 Å². The number of amides is 1. The first kappa shape index (κ1) is 30.4. The summed E-state index contributed by atoms with van der Waals surface area (Å²) in [5, 5.41) is 2.56. The molecule has 3 aromatic rings. The molecule has 2 fully saturated rings. The molecule has 1 aromatic carbocycles. The Morgan fingerprint density at radius 1 is 1.12 bits per heavy atom. The van der Waals surface area contributed by atoms with E-state index in [1.807, 2.05) is 16.8 Å². The quantitative estimate of drug-likeness (QED) is 0.391. The van der Waals surface area contributed by atoms with Crippen molar-refractivity contribution in [2.24, 2.45) is 0 Å². The van der Waals surface area contributed by atoms with Crippen LogP contribution in [0.1, 0.15) is 36.2 Å². The van der Waals surface area contributed by atoms with Crippen molar-refractivity contribution in [2.75, 3.05) is 61.6 Å². The van der Waals surface area contributed by atoms with E-state index in [-0.39, 0.29) is 23.3 Å². The van der Waals surface area contributed by atoms with Crippen molar-refractivity contribution in [1.29, 1.82) is 0 Å². The van der Waals surface area contributed by atoms with Gasteiger partial charge in [-0.3, -0.25) is 14.5 Å². The lowest BCUT2D eigenvalue weighted by atomic mass is 10.0. The van der Waals surface area contributed by atoms with Gasteiger partial charge >= 0.3 is 6.18 Å². The molecule has 10 nitrogen and oxygen atoms in total. The smallest absolute Gasteiger partial charge is 0.378 e. The normalized spacial score (nSPS) is 17.7. The highest BCUT2D eigenvalue weighted by atomic mass is 19.4. The molecule has 2 aliphatic rings. The van der Waals surface area contributed by atoms with Crippen LogP contribution in [-0.4, -0.2) is 84.3 Å². The number of aromatic nitrogens is 3. The monoisotopic (exact) mass is 603 g/mol. The molecule has 0 aliphatic carbocycles. The van der Waals surface area contributed by atoms with Gasteiger partial charge in [0.25, 0.3) is 5.91 Å². The molecular formula is C29H33F4N7O3. The SMILES string of the molecule is CC(C)N(C)[C@@H]1CCN(c2cc(F)c(-c3cnc(N4CCOCC4)nc3)cc2NC(=O)c2c[nH]c(=O)cc2C(F)(F)F)C1. The fraction of sp³-hybridized carbons (Fsp3) is 0.448. The summed E-state index contributed by atoms with van der Waals surface area (Å²) in [6.07, 6.45) is -0.503. The zero-order valence-electron chi connectivity index (χ0n) is 24.0. The second-order valence-corrected chi connectivity index (χ2v) is 10.9. The third kappa shape index (κ3) is 6.64. The maximum atomic E-state index is 15.7. The molecule has 2 aliphatic heterocycles. The summed E-state index contributed by atoms with van der Waals surface area (Å²) >= 11 is 0. The van der Waals surface area contributed by atoms with Crippen molar-refractivity contribution >= 4 is 23.2 Å². The minimum atomic E-state index is -4.94. The molecule has 2 saturated heterocycles. The number of pyridine rings is 1. The Morgan fingerprint density at radius 2 is 1.81 bits per heavy atom. The van der Waals surface area contributed by atoms with Crippen molar-refractivity contribution in [3.05, 3.63) is 64.1 Å². The number of alkyl halides is 3. The summed E-state index contributed by atoms with van der Waals surface area (Å²) < 4.78 is 62.2. The van der Waals surface area contributed by atoms with Crippen LogP contribution < -0.4 is 20.7 Å². The van der Waals surface area contributed by atoms with E-state index in [1.54, 1.807) is 0 Å². The number of morpholine rings is 1. The van der Waals surface area contributed by atoms with Crippen molar-refractivity contribution in [3.63, 3.8) is 0 Å². The largest absolute Gasteiger partial charge is 0.417 e. The number of nitrogens with one attached hydrogen (secondary N) is 2. The van der Waals surface area contributed by atoms with Gasteiger partial charge in [-0.1, -0.05) is 0 Å². The fourth-order valence-corrected chi connectivity index (χ4v) is 5.33. The average molecular weight is 604 g/mol. The Kier molecular flexibility index (Phi) is 8.69. The van der Waals surface area contributed by atoms with E-state index in [2.05, 4.69) is 39.0 Å². The summed E-state index contributed by atoms with van der Waals surface area (Å²) in [6, 6.07) is 3.42. The molecule has 0 unspecified atom stereocenters. The maximum Gasteiger partial charge on any atom is 0.417 e. The Labute approximate surface area is 245 Å². The van der Waals surface area contributed by atoms with Crippen LogP contribution in [0, 0.1) is 5.82 Å². The van der Waals surface area contributed by atoms with Gasteiger partial charge < -0.3 is 24.8 Å². The van der Waals surface area contributed by atoms with Gasteiger partial charge in [-0.05, 0) is 39.4 Å². The number of halogens is 4. The lowest BCUT2D eigenvalue weighted by Crippen LogP contribution is -2.39. The maximum absolute atomic E-state index is 15.7. The number of ether oxygens (including phenoxy) is 1. The number of benzene rings is 1. The van der Waals surface area contributed by atoms with Crippen LogP contribution in [0.5, 0.6) is 0 Å². The summed E-state index contributed by atoms with van der Waals surface area (Å²) in [4.78, 5) is 41.9. The molecule has 0 radical (unpaired) electrons. The van der Waals surface area contributed by atoms with Crippen molar-refractivity contribution in [2.45, 2.75) is 38.5 Å². The number of nitrogens with zero attached hydrogens (tertiary/aromatic N) is 5. The highest BCUT2D eigenvalue weighted by molar-refractivity contribution is 6.07. The first-order valence-electron chi connectivity index (χ1n) is 14.0. The summed E-state index contributed by atoms with van der Waals surface area (Å²) in [6.45, 7) is 7.53. The molecule has 2 N–H and O–H groups in total. The van der Waals surface area contributed by atoms with Crippen LogP contribution in [0.2, 0.25) is 0 Å². The summed E-state index contributed by atoms with van der Waals surface area (Å²) in [5.41, 5.74) is -2.28. The molecule has 0 bridgehead atoms. The second-order valence-electron chi connectivity index (χ2n) is 10.9. The number of carbonyl (C=O) groups excluding carboxylic acids is 1. The number of aromatic amines is 1. The van der Waals surface area contributed by atoms with E-state index in [0.29, 0.717) is 62.7 Å². The molecule has 230 valence electrons. The molecule has 2 aromatic heterocycles. The molecule has 1 atom stereocenters. The van der Waals surface area contributed by atoms with Gasteiger partial charge in [-0.15, -0.1) is 0 Å². The topological polar surface area (TPSA) is 107 Å². The van der Waals surface area contributed by atoms with E-state index < -0.39 is 34.6 Å². The average Bonchev–Trinajstić information content (AvgIpc) is 3.47. The van der Waals surface area contributed by atoms with Crippen LogP contribution >= 0.6 is 0 Å². The third-order valence-corrected chi connectivity index (χ3v) is 7.95. The van der Waals surface area contributed by atoms with Gasteiger partial charge in [0, 0.05) is 74.0 Å². The van der Waals surface area contributed by atoms with E-state index in [0.717, 1.165) is 12.6 Å². The Hall–Kier alpha value is -4.04. The lowest BCUT2D eigenvalue weighted by molar-refractivity contribution is -0.138. The van der Waals surface area contributed by atoms with Crippen LogP contribution in [0.4, 0.5) is 34.9 Å². The fourth-order valence-electron chi connectivity index (χ4n) is 5.33. The van der Waals surface area contributed by atoms with Gasteiger partial charge in [0.05, 0.1) is 35.7 Å². The van der Waals surface area contributed by atoms with Gasteiger partial charge in [-0.25, -0.2) is 14.4 Å². The van der Waals surface area contributed by atoms with Crippen LogP contribution in [0.25, 0.3) is 11.1 Å². The number of hydrogen-bond donors (Lipinski definition) is 2. The summed E-state index contributed by atoms with van der Waals surface area (Å²) in [7, 11) is 2.00. The molecule has 5 rings (SSSR count). The van der Waals surface area contributed by atoms with Crippen LogP contribution in [0.3, 0.4) is 0 Å². The highest BCUT2D eigenvalue weighted by Crippen LogP contribution is 2.37. The van der Waals surface area contributed by atoms with Gasteiger partial charge in [0.2, 0.25) is 11.5 Å². The van der Waals surface area contributed by atoms with Crippen molar-refractivity contribution in [3.8, 4) is 11.1 Å². The number of rotatable bonds is 7. The zero-order valence-corrected chi connectivity index (χ0v) is 24.0. The summed E-state index contributed by atoms with van der Waals surface area (Å²) in [5.74, 6) is -1.24. The molecular weight excluding hydrogens is 570 g/mol. The van der Waals surface area contributed by atoms with Crippen molar-refractivity contribution in [1.82, 2.24) is 19.9 Å². The lowest BCUT2D eigenvalue weighted by Gasteiger charge is -2.29. The van der Waals surface area contributed by atoms with Gasteiger partial charge in [0.15, 0.2) is 0 Å². The molecule has 0 spiro atoms. The number of hydrogen-bond acceptors (Lipinski definition) is 8. The minimum Gasteiger partial charge on any atom is -0.378 e. The highest BCUT2D eigenvalue weighted by Gasteiger charge is 2.36. The second kappa shape index (κ2) is 12.3. The number of H-pyrrole nitrogens is 1. The molecule has 4 heterocycles. The molecule has 0 saturated carbocycles. The number of likely N-dealkylation sites (N-methyl/N-ethyl adjacent to an activating group) is 1. The number of anilines is 3. The Morgan fingerprint density at radius 3 is 2.47 bits per heavy atom. The standard InChI is InChI=1S/C29H33F4N7O3/c1-17(2)38(3)19-4-5-40(16-19)25-12-23(30)20(18-13-35-28(36-14-18)39-6-8-43-9-7-39)10-24(25)37-27(42)21-15-34-26(41)11-22(21)29(31,32)33/h10-15,17,19H,4-9,16H2,1-3H3,(H,34,41)(H,37,42)/t19-/m1/s1. The Bertz CT molecular complexity index is 1520. The van der Waals surface area contributed by atoms with E-state index in [4.69, 9.17) is 4.74 Å². The van der Waals surface area contributed by atoms with Gasteiger partial charge in [-0.2, -0.15) is 13.2 Å². The van der Waals surface area contributed by atoms with Crippen LogP contribution in [0.15, 0.2) is 41.6 Å². The van der Waals surface area contributed by atoms with E-state index in [9.17, 15) is 22.8 Å². The first-order valence-corrected chi connectivity index (χ1v) is 14.0. The number of carbonyl (C=O) groups is 1. The minimum absolute atomic E-state index is 0.0696. The molecule has 1 amide bonds. The Balaban J connectivity index is 1.52. The van der Waals surface area contributed by atoms with Gasteiger partial charge in [0.1, 0.15) is 5.82 Å². The van der Waals surface area contributed by atoms with Crippen molar-refractivity contribution < 1.29 is 27.1 Å². The third-order valence-electron chi connectivity index (χ3n) is 7.95. The van der Waals surface area contributed by atoms with Crippen LogP contribution in [-0.2, 0) is 10.9 Å². The first-order chi connectivity index (χ1) is 20.4.